The number of carbonyl (C=O) groups excluding carboxylic acids is 1. The lowest BCUT2D eigenvalue weighted by Gasteiger charge is -2.04. The van der Waals surface area contributed by atoms with Crippen LogP contribution in [0.25, 0.3) is 5.69 Å². The van der Waals surface area contributed by atoms with E-state index >= 15 is 0 Å². The highest BCUT2D eigenvalue weighted by molar-refractivity contribution is 5.91. The molecule has 1 heterocycles. The van der Waals surface area contributed by atoms with Gasteiger partial charge in [0.25, 0.3) is 5.91 Å². The van der Waals surface area contributed by atoms with E-state index in [0.29, 0.717) is 17.9 Å². The summed E-state index contributed by atoms with van der Waals surface area (Å²) in [4.78, 5) is 11.0. The van der Waals surface area contributed by atoms with Crippen molar-refractivity contribution in [3.63, 3.8) is 0 Å². The number of aromatic nitrogens is 2. The molecule has 0 aliphatic heterocycles. The third-order valence-corrected chi connectivity index (χ3v) is 2.45. The molecule has 4 N–H and O–H groups in total. The maximum absolute atomic E-state index is 11.0. The minimum absolute atomic E-state index is 0.119. The Labute approximate surface area is 103 Å². The van der Waals surface area contributed by atoms with E-state index in [0.717, 1.165) is 5.56 Å². The number of benzene rings is 1. The Morgan fingerprint density at radius 1 is 1.39 bits per heavy atom. The average Bonchev–Trinajstić information content (AvgIpc) is 2.73. The average molecular weight is 241 g/mol. The van der Waals surface area contributed by atoms with Gasteiger partial charge >= 0.3 is 0 Å². The van der Waals surface area contributed by atoms with Crippen LogP contribution in [0.15, 0.2) is 30.3 Å². The number of nitrogens with zero attached hydrogens (tertiary/aromatic N) is 3. The van der Waals surface area contributed by atoms with E-state index in [-0.39, 0.29) is 5.69 Å². The Kier molecular flexibility index (Phi) is 2.98. The first-order valence-electron chi connectivity index (χ1n) is 5.23. The highest BCUT2D eigenvalue weighted by atomic mass is 16.1. The molecular formula is C12H11N5O. The second-order valence-corrected chi connectivity index (χ2v) is 3.73. The first kappa shape index (κ1) is 11.7. The second-order valence-electron chi connectivity index (χ2n) is 3.73. The number of hydrogen-bond acceptors (Lipinski definition) is 4. The highest BCUT2D eigenvalue weighted by Crippen LogP contribution is 2.15. The van der Waals surface area contributed by atoms with Crippen LogP contribution in [0.1, 0.15) is 16.1 Å². The van der Waals surface area contributed by atoms with E-state index in [2.05, 4.69) is 11.2 Å². The molecule has 0 unspecified atom stereocenters. The van der Waals surface area contributed by atoms with Gasteiger partial charge in [-0.15, -0.1) is 0 Å². The number of anilines is 1. The molecule has 1 aromatic carbocycles. The molecule has 2 aromatic rings. The van der Waals surface area contributed by atoms with E-state index in [9.17, 15) is 4.79 Å². The van der Waals surface area contributed by atoms with Gasteiger partial charge < -0.3 is 11.5 Å². The van der Waals surface area contributed by atoms with Crippen molar-refractivity contribution in [3.8, 4) is 11.8 Å². The zero-order valence-electron chi connectivity index (χ0n) is 9.50. The summed E-state index contributed by atoms with van der Waals surface area (Å²) in [6, 6.07) is 10.7. The third-order valence-electron chi connectivity index (χ3n) is 2.45. The fourth-order valence-electron chi connectivity index (χ4n) is 1.57. The Morgan fingerprint density at radius 2 is 2.06 bits per heavy atom. The van der Waals surface area contributed by atoms with Crippen LogP contribution < -0.4 is 11.5 Å². The number of hydrogen-bond donors (Lipinski definition) is 2. The van der Waals surface area contributed by atoms with Crippen LogP contribution >= 0.6 is 0 Å². The Hall–Kier alpha value is -2.81. The molecule has 0 aliphatic carbocycles. The molecule has 1 amide bonds. The normalized spacial score (nSPS) is 9.94. The van der Waals surface area contributed by atoms with Gasteiger partial charge in [0.2, 0.25) is 0 Å². The second kappa shape index (κ2) is 4.59. The topological polar surface area (TPSA) is 111 Å². The summed E-state index contributed by atoms with van der Waals surface area (Å²) in [5, 5.41) is 12.6. The van der Waals surface area contributed by atoms with Gasteiger partial charge in [0.05, 0.1) is 18.2 Å². The van der Waals surface area contributed by atoms with Crippen LogP contribution in [0, 0.1) is 11.3 Å². The Bertz CT molecular complexity index is 621. The summed E-state index contributed by atoms with van der Waals surface area (Å²) in [5.41, 5.74) is 12.6. The number of carbonyl (C=O) groups is 1. The zero-order valence-corrected chi connectivity index (χ0v) is 9.50. The van der Waals surface area contributed by atoms with E-state index in [1.165, 1.54) is 10.7 Å². The fraction of sp³-hybridized carbons (Fsp3) is 0.0833. The molecule has 0 fully saturated rings. The summed E-state index contributed by atoms with van der Waals surface area (Å²) in [5.74, 6) is -0.293. The quantitative estimate of drug-likeness (QED) is 0.820. The number of nitriles is 1. The van der Waals surface area contributed by atoms with Gasteiger partial charge in [0.1, 0.15) is 5.82 Å². The smallest absolute Gasteiger partial charge is 0.269 e. The van der Waals surface area contributed by atoms with E-state index in [4.69, 9.17) is 16.7 Å². The summed E-state index contributed by atoms with van der Waals surface area (Å²) >= 11 is 0. The first-order valence-corrected chi connectivity index (χ1v) is 5.23. The summed E-state index contributed by atoms with van der Waals surface area (Å²) in [7, 11) is 0. The van der Waals surface area contributed by atoms with Gasteiger partial charge in [-0.1, -0.05) is 12.1 Å². The van der Waals surface area contributed by atoms with Gasteiger partial charge in [-0.25, -0.2) is 4.68 Å². The summed E-state index contributed by atoms with van der Waals surface area (Å²) in [6.45, 7) is 0. The molecule has 2 rings (SSSR count). The minimum Gasteiger partial charge on any atom is -0.384 e. The molecule has 6 heteroatoms. The van der Waals surface area contributed by atoms with E-state index < -0.39 is 5.91 Å². The van der Waals surface area contributed by atoms with Crippen molar-refractivity contribution < 1.29 is 4.79 Å². The SMILES string of the molecule is N#CCc1ccc(-n2nc(C(N)=O)cc2N)cc1. The predicted molar refractivity (Wildman–Crippen MR) is 65.8 cm³/mol. The molecule has 0 radical (unpaired) electrons. The lowest BCUT2D eigenvalue weighted by atomic mass is 10.1. The van der Waals surface area contributed by atoms with Crippen molar-refractivity contribution in [1.29, 1.82) is 5.26 Å². The van der Waals surface area contributed by atoms with E-state index in [1.54, 1.807) is 12.1 Å². The minimum atomic E-state index is -0.624. The number of nitrogens with two attached hydrogens (primary N) is 2. The molecular weight excluding hydrogens is 230 g/mol. The molecule has 0 spiro atoms. The molecule has 1 aromatic heterocycles. The lowest BCUT2D eigenvalue weighted by Crippen LogP contribution is -2.12. The number of primary amides is 1. The van der Waals surface area contributed by atoms with Gasteiger partial charge in [0.15, 0.2) is 5.69 Å². The fourth-order valence-corrected chi connectivity index (χ4v) is 1.57. The molecule has 0 saturated carbocycles. The van der Waals surface area contributed by atoms with Gasteiger partial charge in [-0.2, -0.15) is 10.4 Å². The van der Waals surface area contributed by atoms with Crippen LogP contribution in [-0.4, -0.2) is 15.7 Å². The molecule has 6 nitrogen and oxygen atoms in total. The molecule has 0 atom stereocenters. The van der Waals surface area contributed by atoms with Crippen molar-refractivity contribution in [2.24, 2.45) is 5.73 Å². The van der Waals surface area contributed by atoms with Crippen LogP contribution in [-0.2, 0) is 6.42 Å². The summed E-state index contributed by atoms with van der Waals surface area (Å²) in [6.07, 6.45) is 0.349. The lowest BCUT2D eigenvalue weighted by molar-refractivity contribution is 0.0995. The molecule has 0 aliphatic rings. The third kappa shape index (κ3) is 2.15. The van der Waals surface area contributed by atoms with Crippen molar-refractivity contribution in [2.75, 3.05) is 5.73 Å². The van der Waals surface area contributed by atoms with Gasteiger partial charge in [-0.3, -0.25) is 4.79 Å². The van der Waals surface area contributed by atoms with E-state index in [1.807, 2.05) is 12.1 Å². The maximum Gasteiger partial charge on any atom is 0.269 e. The highest BCUT2D eigenvalue weighted by Gasteiger charge is 2.10. The first-order chi connectivity index (χ1) is 8.61. The van der Waals surface area contributed by atoms with Gasteiger partial charge in [-0.05, 0) is 17.7 Å². The van der Waals surface area contributed by atoms with Crippen LogP contribution in [0.3, 0.4) is 0 Å². The summed E-state index contributed by atoms with van der Waals surface area (Å²) < 4.78 is 1.43. The largest absolute Gasteiger partial charge is 0.384 e. The van der Waals surface area contributed by atoms with Crippen LogP contribution in [0.4, 0.5) is 5.82 Å². The van der Waals surface area contributed by atoms with Crippen molar-refractivity contribution in [2.45, 2.75) is 6.42 Å². The molecule has 0 saturated heterocycles. The molecule has 18 heavy (non-hydrogen) atoms. The molecule has 90 valence electrons. The number of rotatable bonds is 3. The van der Waals surface area contributed by atoms with Crippen molar-refractivity contribution >= 4 is 11.7 Å². The monoisotopic (exact) mass is 241 g/mol. The van der Waals surface area contributed by atoms with Gasteiger partial charge in [0, 0.05) is 6.07 Å². The molecule has 0 bridgehead atoms. The van der Waals surface area contributed by atoms with Crippen molar-refractivity contribution in [1.82, 2.24) is 9.78 Å². The standard InChI is InChI=1S/C12H11N5O/c13-6-5-8-1-3-9(4-2-8)17-11(14)7-10(16-17)12(15)18/h1-4,7H,5,14H2,(H2,15,18). The zero-order chi connectivity index (χ0) is 13.1. The maximum atomic E-state index is 11.0. The Balaban J connectivity index is 2.37. The predicted octanol–water partition coefficient (Wildman–Crippen LogP) is 0.619. The van der Waals surface area contributed by atoms with Crippen LogP contribution in [0.5, 0.6) is 0 Å². The number of nitrogen functional groups attached to an aromatic ring is 1. The Morgan fingerprint density at radius 3 is 2.56 bits per heavy atom. The number of amides is 1. The van der Waals surface area contributed by atoms with Crippen LogP contribution in [0.2, 0.25) is 0 Å². The van der Waals surface area contributed by atoms with Crippen molar-refractivity contribution in [3.05, 3.63) is 41.6 Å².